The summed E-state index contributed by atoms with van der Waals surface area (Å²) in [6.07, 6.45) is 1.65. The predicted octanol–water partition coefficient (Wildman–Crippen LogP) is 2.06. The van der Waals surface area contributed by atoms with Gasteiger partial charge in [-0.15, -0.1) is 0 Å². The van der Waals surface area contributed by atoms with Crippen LogP contribution in [0.1, 0.15) is 5.56 Å². The van der Waals surface area contributed by atoms with E-state index < -0.39 is 0 Å². The van der Waals surface area contributed by atoms with Crippen molar-refractivity contribution in [1.29, 1.82) is 0 Å². The van der Waals surface area contributed by atoms with Crippen molar-refractivity contribution >= 4 is 23.1 Å². The summed E-state index contributed by atoms with van der Waals surface area (Å²) in [4.78, 5) is 11.1. The molecular weight excluding hydrogens is 256 g/mol. The highest BCUT2D eigenvalue weighted by atomic mass is 35.5. The van der Waals surface area contributed by atoms with E-state index >= 15 is 0 Å². The van der Waals surface area contributed by atoms with Crippen molar-refractivity contribution in [1.82, 2.24) is 0 Å². The largest absolute Gasteiger partial charge is 0.490 e. The zero-order chi connectivity index (χ0) is 12.5. The van der Waals surface area contributed by atoms with Crippen LogP contribution >= 0.6 is 11.6 Å². The average Bonchev–Trinajstić information content (AvgIpc) is 3.08. The first-order valence-corrected chi connectivity index (χ1v) is 6.02. The molecule has 0 spiro atoms. The molecule has 18 heavy (non-hydrogen) atoms. The summed E-state index contributed by atoms with van der Waals surface area (Å²) in [6.45, 7) is 1.51. The van der Waals surface area contributed by atoms with E-state index in [0.717, 1.165) is 17.7 Å². The Kier molecular flexibility index (Phi) is 2.97. The fourth-order valence-corrected chi connectivity index (χ4v) is 1.92. The Bertz CT molecular complexity index is 520. The van der Waals surface area contributed by atoms with Crippen LogP contribution in [0.3, 0.4) is 0 Å². The molecule has 4 nitrogen and oxygen atoms in total. The first-order chi connectivity index (χ1) is 8.72. The van der Waals surface area contributed by atoms with E-state index in [-0.39, 0.29) is 18.7 Å². The molecule has 0 amide bonds. The van der Waals surface area contributed by atoms with E-state index in [2.05, 4.69) is 0 Å². The van der Waals surface area contributed by atoms with Gasteiger partial charge in [0.1, 0.15) is 25.1 Å². The molecule has 3 rings (SSSR count). The maximum atomic E-state index is 11.1. The molecule has 1 fully saturated rings. The summed E-state index contributed by atoms with van der Waals surface area (Å²) in [6, 6.07) is 5.34. The predicted molar refractivity (Wildman–Crippen MR) is 65.6 cm³/mol. The molecule has 0 saturated carbocycles. The van der Waals surface area contributed by atoms with Crippen LogP contribution in [-0.4, -0.2) is 31.9 Å². The molecule has 2 heterocycles. The second-order valence-electron chi connectivity index (χ2n) is 4.18. The van der Waals surface area contributed by atoms with Gasteiger partial charge in [-0.25, -0.2) is 4.79 Å². The molecule has 2 aliphatic heterocycles. The Morgan fingerprint density at radius 2 is 2.28 bits per heavy atom. The Labute approximate surface area is 109 Å². The summed E-state index contributed by atoms with van der Waals surface area (Å²) < 4.78 is 15.7. The normalized spacial score (nSPS) is 21.5. The van der Waals surface area contributed by atoms with Crippen LogP contribution in [0, 0.1) is 0 Å². The van der Waals surface area contributed by atoms with Gasteiger partial charge in [-0.3, -0.25) is 0 Å². The van der Waals surface area contributed by atoms with Crippen LogP contribution in [0.2, 0.25) is 5.02 Å². The maximum Gasteiger partial charge on any atom is 0.331 e. The fraction of sp³-hybridized carbons (Fsp3) is 0.308. The summed E-state index contributed by atoms with van der Waals surface area (Å²) in [7, 11) is 0. The molecule has 0 radical (unpaired) electrons. The smallest absolute Gasteiger partial charge is 0.331 e. The molecule has 2 aliphatic rings. The molecule has 1 aromatic carbocycles. The standard InChI is InChI=1S/C13H11ClO4/c14-9-1-2-11(8-3-13(15)18-5-8)12(4-9)17-7-10-6-16-10/h1-4,10H,5-7H2. The van der Waals surface area contributed by atoms with Gasteiger partial charge in [0.05, 0.1) is 6.61 Å². The van der Waals surface area contributed by atoms with Crippen LogP contribution in [0.5, 0.6) is 5.75 Å². The van der Waals surface area contributed by atoms with Crippen molar-refractivity contribution in [2.75, 3.05) is 19.8 Å². The van der Waals surface area contributed by atoms with Crippen LogP contribution in [0.4, 0.5) is 0 Å². The highest BCUT2D eigenvalue weighted by molar-refractivity contribution is 6.30. The lowest BCUT2D eigenvalue weighted by Crippen LogP contribution is -2.06. The Hall–Kier alpha value is -1.52. The van der Waals surface area contributed by atoms with E-state index in [1.807, 2.05) is 6.07 Å². The van der Waals surface area contributed by atoms with E-state index in [0.29, 0.717) is 17.4 Å². The van der Waals surface area contributed by atoms with Gasteiger partial charge in [0.25, 0.3) is 0 Å². The van der Waals surface area contributed by atoms with Crippen molar-refractivity contribution in [2.24, 2.45) is 0 Å². The van der Waals surface area contributed by atoms with Gasteiger partial charge >= 0.3 is 5.97 Å². The number of halogens is 1. The minimum absolute atomic E-state index is 0.173. The van der Waals surface area contributed by atoms with Crippen LogP contribution in [-0.2, 0) is 14.3 Å². The lowest BCUT2D eigenvalue weighted by atomic mass is 10.1. The first kappa shape index (κ1) is 11.6. The SMILES string of the molecule is O=C1C=C(c2ccc(Cl)cc2OCC2CO2)CO1. The van der Waals surface area contributed by atoms with Crippen molar-refractivity contribution < 1.29 is 19.0 Å². The molecular formula is C13H11ClO4. The van der Waals surface area contributed by atoms with Gasteiger partial charge in [0, 0.05) is 22.2 Å². The number of hydrogen-bond donors (Lipinski definition) is 0. The van der Waals surface area contributed by atoms with Gasteiger partial charge in [-0.05, 0) is 18.2 Å². The third-order valence-corrected chi connectivity index (χ3v) is 3.01. The molecule has 1 aromatic rings. The summed E-state index contributed by atoms with van der Waals surface area (Å²) in [5.41, 5.74) is 1.65. The zero-order valence-corrected chi connectivity index (χ0v) is 10.3. The molecule has 0 bridgehead atoms. The topological polar surface area (TPSA) is 48.1 Å². The Morgan fingerprint density at radius 3 is 2.94 bits per heavy atom. The zero-order valence-electron chi connectivity index (χ0n) is 9.52. The molecule has 94 valence electrons. The van der Waals surface area contributed by atoms with Crippen LogP contribution in [0.15, 0.2) is 24.3 Å². The third-order valence-electron chi connectivity index (χ3n) is 2.78. The number of benzene rings is 1. The maximum absolute atomic E-state index is 11.1. The number of hydrogen-bond acceptors (Lipinski definition) is 4. The van der Waals surface area contributed by atoms with Gasteiger partial charge in [0.15, 0.2) is 0 Å². The minimum Gasteiger partial charge on any atom is -0.490 e. The summed E-state index contributed by atoms with van der Waals surface area (Å²) in [5.74, 6) is 0.332. The van der Waals surface area contributed by atoms with Crippen molar-refractivity contribution in [3.05, 3.63) is 34.9 Å². The first-order valence-electron chi connectivity index (χ1n) is 5.64. The van der Waals surface area contributed by atoms with E-state index in [1.54, 1.807) is 12.1 Å². The molecule has 0 aromatic heterocycles. The lowest BCUT2D eigenvalue weighted by molar-refractivity contribution is -0.134. The second kappa shape index (κ2) is 4.63. The molecule has 0 aliphatic carbocycles. The van der Waals surface area contributed by atoms with Crippen LogP contribution < -0.4 is 4.74 Å². The number of rotatable bonds is 4. The monoisotopic (exact) mass is 266 g/mol. The highest BCUT2D eigenvalue weighted by Gasteiger charge is 2.24. The molecule has 1 atom stereocenters. The van der Waals surface area contributed by atoms with Gasteiger partial charge in [0.2, 0.25) is 0 Å². The number of epoxide rings is 1. The number of carbonyl (C=O) groups excluding carboxylic acids is 1. The molecule has 0 N–H and O–H groups in total. The number of esters is 1. The van der Waals surface area contributed by atoms with Gasteiger partial charge in [-0.1, -0.05) is 11.6 Å². The van der Waals surface area contributed by atoms with Gasteiger partial charge in [-0.2, -0.15) is 0 Å². The fourth-order valence-electron chi connectivity index (χ4n) is 1.76. The lowest BCUT2D eigenvalue weighted by Gasteiger charge is -2.11. The van der Waals surface area contributed by atoms with Crippen molar-refractivity contribution in [3.63, 3.8) is 0 Å². The second-order valence-corrected chi connectivity index (χ2v) is 4.62. The quantitative estimate of drug-likeness (QED) is 0.618. The van der Waals surface area contributed by atoms with Crippen molar-refractivity contribution in [3.8, 4) is 5.75 Å². The third kappa shape index (κ3) is 2.49. The molecule has 5 heteroatoms. The van der Waals surface area contributed by atoms with E-state index in [1.165, 1.54) is 6.08 Å². The van der Waals surface area contributed by atoms with Gasteiger partial charge < -0.3 is 14.2 Å². The average molecular weight is 267 g/mol. The summed E-state index contributed by atoms with van der Waals surface area (Å²) >= 11 is 5.95. The summed E-state index contributed by atoms with van der Waals surface area (Å²) in [5, 5.41) is 0.594. The number of carbonyl (C=O) groups is 1. The number of cyclic esters (lactones) is 1. The Balaban J connectivity index is 1.86. The van der Waals surface area contributed by atoms with E-state index in [4.69, 9.17) is 25.8 Å². The molecule has 1 saturated heterocycles. The van der Waals surface area contributed by atoms with Crippen molar-refractivity contribution in [2.45, 2.75) is 6.10 Å². The highest BCUT2D eigenvalue weighted by Crippen LogP contribution is 2.32. The minimum atomic E-state index is -0.323. The number of ether oxygens (including phenoxy) is 3. The Morgan fingerprint density at radius 1 is 1.44 bits per heavy atom. The van der Waals surface area contributed by atoms with E-state index in [9.17, 15) is 4.79 Å². The molecule has 1 unspecified atom stereocenters. The van der Waals surface area contributed by atoms with Crippen LogP contribution in [0.25, 0.3) is 5.57 Å².